The quantitative estimate of drug-likeness (QED) is 0.873. The van der Waals surface area contributed by atoms with Gasteiger partial charge in [-0.25, -0.2) is 0 Å². The van der Waals surface area contributed by atoms with Gasteiger partial charge < -0.3 is 0 Å². The van der Waals surface area contributed by atoms with Crippen molar-refractivity contribution in [3.8, 4) is 0 Å². The molecule has 1 unspecified atom stereocenters. The van der Waals surface area contributed by atoms with Crippen LogP contribution in [0, 0.1) is 0 Å². The Morgan fingerprint density at radius 3 is 2.56 bits per heavy atom. The molecular weight excluding hydrogens is 263 g/mol. The number of carboxylic acid groups (broad SMARTS) is 1. The molecule has 0 aromatic heterocycles. The fourth-order valence-corrected chi connectivity index (χ4v) is 2.12. The van der Waals surface area contributed by atoms with E-state index < -0.39 is 10.7 Å². The van der Waals surface area contributed by atoms with Crippen LogP contribution >= 0.6 is 0 Å². The number of hydrogen-bond donors (Lipinski definition) is 1. The third-order valence-corrected chi connectivity index (χ3v) is 3.37. The van der Waals surface area contributed by atoms with Gasteiger partial charge in [0.25, 0.3) is 0 Å². The van der Waals surface area contributed by atoms with Crippen molar-refractivity contribution in [3.05, 3.63) is 48.0 Å². The molecule has 2 nitrogen and oxygen atoms in total. The third-order valence-electron chi connectivity index (χ3n) is 2.53. The van der Waals surface area contributed by atoms with E-state index in [0.29, 0.717) is 6.42 Å². The van der Waals surface area contributed by atoms with Crippen molar-refractivity contribution in [2.24, 2.45) is 0 Å². The van der Waals surface area contributed by atoms with Gasteiger partial charge in [0.2, 0.25) is 0 Å². The Morgan fingerprint density at radius 2 is 1.88 bits per heavy atom. The number of rotatable bonds is 3. The third kappa shape index (κ3) is 2.45. The first kappa shape index (κ1) is 11.2. The van der Waals surface area contributed by atoms with E-state index in [1.54, 1.807) is 0 Å². The van der Waals surface area contributed by atoms with Crippen molar-refractivity contribution in [2.45, 2.75) is 11.1 Å². The van der Waals surface area contributed by atoms with Gasteiger partial charge in [0, 0.05) is 0 Å². The van der Waals surface area contributed by atoms with Gasteiger partial charge in [0.1, 0.15) is 0 Å². The number of fused-ring (bicyclic) bond motifs is 1. The number of carboxylic acids is 1. The molecule has 80 valence electrons. The summed E-state index contributed by atoms with van der Waals surface area (Å²) in [5.74, 6) is -0.770. The van der Waals surface area contributed by atoms with E-state index in [4.69, 9.17) is 5.11 Å². The van der Waals surface area contributed by atoms with Gasteiger partial charge in [-0.3, -0.25) is 0 Å². The molecule has 0 fully saturated rings. The van der Waals surface area contributed by atoms with Crippen molar-refractivity contribution >= 4 is 33.6 Å². The Kier molecular flexibility index (Phi) is 3.30. The van der Waals surface area contributed by atoms with Crippen molar-refractivity contribution in [2.75, 3.05) is 0 Å². The molecule has 0 saturated carbocycles. The van der Waals surface area contributed by atoms with Crippen molar-refractivity contribution in [1.82, 2.24) is 0 Å². The standard InChI is InChI=1S/C13H11AsO2/c14-12(13(15)16)8-9-5-6-10-3-1-2-4-11(10)7-9/h1-7,12H,8H2,(H,15,16). The molecule has 0 aliphatic rings. The molecular formula is C13H11AsO2. The van der Waals surface area contributed by atoms with E-state index in [2.05, 4.69) is 29.0 Å². The predicted molar refractivity (Wildman–Crippen MR) is 64.8 cm³/mol. The van der Waals surface area contributed by atoms with Gasteiger partial charge in [-0.05, 0) is 0 Å². The van der Waals surface area contributed by atoms with Gasteiger partial charge in [0.05, 0.1) is 0 Å². The maximum absolute atomic E-state index is 10.8. The SMILES string of the molecule is O=C(O)C([As])Cc1ccc2ccccc2c1. The van der Waals surface area contributed by atoms with Gasteiger partial charge in [-0.15, -0.1) is 0 Å². The summed E-state index contributed by atoms with van der Waals surface area (Å²) in [5, 5.41) is 11.2. The summed E-state index contributed by atoms with van der Waals surface area (Å²) in [7, 11) is 0. The molecule has 0 heterocycles. The summed E-state index contributed by atoms with van der Waals surface area (Å²) in [4.78, 5) is 10.8. The zero-order valence-electron chi connectivity index (χ0n) is 8.63. The summed E-state index contributed by atoms with van der Waals surface area (Å²) in [6, 6.07) is 14.2. The molecule has 2 aromatic rings. The van der Waals surface area contributed by atoms with Crippen LogP contribution in [0.1, 0.15) is 5.56 Å². The normalized spacial score (nSPS) is 12.6. The number of carbonyl (C=O) groups is 1. The van der Waals surface area contributed by atoms with Crippen LogP contribution in [0.2, 0.25) is 4.71 Å². The van der Waals surface area contributed by atoms with Gasteiger partial charge in [-0.2, -0.15) is 0 Å². The second-order valence-electron chi connectivity index (χ2n) is 3.74. The molecule has 0 aliphatic carbocycles. The molecule has 1 atom stereocenters. The zero-order valence-corrected chi connectivity index (χ0v) is 10.5. The van der Waals surface area contributed by atoms with E-state index in [1.807, 2.05) is 30.3 Å². The summed E-state index contributed by atoms with van der Waals surface area (Å²) in [6.45, 7) is 0. The molecule has 0 amide bonds. The van der Waals surface area contributed by atoms with Crippen LogP contribution in [0.25, 0.3) is 10.8 Å². The van der Waals surface area contributed by atoms with Crippen LogP contribution in [0.15, 0.2) is 42.5 Å². The second-order valence-corrected chi connectivity index (χ2v) is 5.05. The maximum atomic E-state index is 10.8. The Balaban J connectivity index is 2.29. The Bertz CT molecular complexity index is 522. The predicted octanol–water partition coefficient (Wildman–Crippen LogP) is 2.42. The molecule has 2 radical (unpaired) electrons. The van der Waals surface area contributed by atoms with Crippen LogP contribution in [-0.2, 0) is 11.2 Å². The van der Waals surface area contributed by atoms with Gasteiger partial charge in [-0.1, -0.05) is 0 Å². The summed E-state index contributed by atoms with van der Waals surface area (Å²) < 4.78 is -0.395. The Hall–Kier alpha value is -1.27. The van der Waals surface area contributed by atoms with E-state index in [1.165, 1.54) is 5.39 Å². The molecule has 0 aliphatic heterocycles. The van der Waals surface area contributed by atoms with Gasteiger partial charge in [0.15, 0.2) is 0 Å². The van der Waals surface area contributed by atoms with E-state index in [9.17, 15) is 4.79 Å². The summed E-state index contributed by atoms with van der Waals surface area (Å²) >= 11 is 2.20. The van der Waals surface area contributed by atoms with E-state index in [0.717, 1.165) is 10.9 Å². The summed E-state index contributed by atoms with van der Waals surface area (Å²) in [5.41, 5.74) is 1.06. The zero-order chi connectivity index (χ0) is 11.5. The van der Waals surface area contributed by atoms with E-state index in [-0.39, 0.29) is 0 Å². The van der Waals surface area contributed by atoms with Crippen molar-refractivity contribution < 1.29 is 9.90 Å². The number of aliphatic carboxylic acids is 1. The average Bonchev–Trinajstić information content (AvgIpc) is 2.28. The second kappa shape index (κ2) is 4.71. The van der Waals surface area contributed by atoms with Crippen LogP contribution in [0.4, 0.5) is 0 Å². The average molecular weight is 274 g/mol. The first-order valence-electron chi connectivity index (χ1n) is 5.05. The molecule has 0 bridgehead atoms. The Labute approximate surface area is 103 Å². The number of hydrogen-bond acceptors (Lipinski definition) is 1. The monoisotopic (exact) mass is 274 g/mol. The molecule has 16 heavy (non-hydrogen) atoms. The van der Waals surface area contributed by atoms with Crippen LogP contribution in [0.5, 0.6) is 0 Å². The fraction of sp³-hybridized carbons (Fsp3) is 0.154. The molecule has 1 N–H and O–H groups in total. The first-order valence-corrected chi connectivity index (χ1v) is 6.14. The first-order chi connectivity index (χ1) is 7.66. The number of benzene rings is 2. The molecule has 0 spiro atoms. The minimum absolute atomic E-state index is 0.395. The molecule has 3 heteroatoms. The summed E-state index contributed by atoms with van der Waals surface area (Å²) in [6.07, 6.45) is 0.556. The van der Waals surface area contributed by atoms with Crippen LogP contribution in [-0.4, -0.2) is 27.9 Å². The molecule has 0 saturated heterocycles. The molecule has 2 rings (SSSR count). The Morgan fingerprint density at radius 1 is 1.19 bits per heavy atom. The fourth-order valence-electron chi connectivity index (χ4n) is 1.68. The van der Waals surface area contributed by atoms with Crippen molar-refractivity contribution in [3.63, 3.8) is 0 Å². The van der Waals surface area contributed by atoms with Gasteiger partial charge >= 0.3 is 103 Å². The van der Waals surface area contributed by atoms with Crippen LogP contribution in [0.3, 0.4) is 0 Å². The van der Waals surface area contributed by atoms with Crippen LogP contribution < -0.4 is 0 Å². The minimum atomic E-state index is -0.770. The van der Waals surface area contributed by atoms with E-state index >= 15 is 0 Å². The van der Waals surface area contributed by atoms with Crippen molar-refractivity contribution in [1.29, 1.82) is 0 Å². The topological polar surface area (TPSA) is 37.3 Å². The molecule has 2 aromatic carbocycles.